The molecule has 1 aliphatic rings. The van der Waals surface area contributed by atoms with Crippen LogP contribution in [-0.2, 0) is 13.1 Å². The van der Waals surface area contributed by atoms with E-state index in [2.05, 4.69) is 35.3 Å². The number of halogens is 1. The van der Waals surface area contributed by atoms with Crippen LogP contribution in [0.3, 0.4) is 0 Å². The summed E-state index contributed by atoms with van der Waals surface area (Å²) in [6.45, 7) is 1.68. The molecule has 1 aromatic heterocycles. The number of hydrogen-bond acceptors (Lipinski definition) is 3. The summed E-state index contributed by atoms with van der Waals surface area (Å²) >= 11 is 5.88. The minimum Gasteiger partial charge on any atom is -0.361 e. The zero-order valence-electron chi connectivity index (χ0n) is 11.0. The van der Waals surface area contributed by atoms with Crippen molar-refractivity contribution >= 4 is 11.6 Å². The summed E-state index contributed by atoms with van der Waals surface area (Å²) < 4.78 is 5.36. The second kappa shape index (κ2) is 5.35. The molecule has 1 saturated carbocycles. The van der Waals surface area contributed by atoms with Gasteiger partial charge in [0.25, 0.3) is 0 Å². The molecule has 0 spiro atoms. The van der Waals surface area contributed by atoms with Crippen molar-refractivity contribution in [3.8, 4) is 0 Å². The Balaban J connectivity index is 1.57. The molecule has 1 heterocycles. The Bertz CT molecular complexity index is 546. The van der Waals surface area contributed by atoms with E-state index in [1.54, 1.807) is 0 Å². The number of rotatable bonds is 5. The molecule has 3 rings (SSSR count). The van der Waals surface area contributed by atoms with Crippen molar-refractivity contribution in [2.75, 3.05) is 7.05 Å². The molecule has 0 saturated heterocycles. The van der Waals surface area contributed by atoms with Gasteiger partial charge in [-0.15, -0.1) is 0 Å². The highest BCUT2D eigenvalue weighted by molar-refractivity contribution is 6.30. The van der Waals surface area contributed by atoms with E-state index in [1.807, 2.05) is 12.1 Å². The zero-order chi connectivity index (χ0) is 13.2. The maximum absolute atomic E-state index is 5.88. The molecule has 0 radical (unpaired) electrons. The van der Waals surface area contributed by atoms with Gasteiger partial charge in [0.05, 0.1) is 5.69 Å². The van der Waals surface area contributed by atoms with Crippen LogP contribution in [0.4, 0.5) is 0 Å². The van der Waals surface area contributed by atoms with Crippen LogP contribution in [0.5, 0.6) is 0 Å². The lowest BCUT2D eigenvalue weighted by Crippen LogP contribution is -2.17. The minimum atomic E-state index is 0.628. The van der Waals surface area contributed by atoms with E-state index in [-0.39, 0.29) is 0 Å². The molecule has 1 aliphatic carbocycles. The molecular formula is C15H17ClN2O. The third kappa shape index (κ3) is 3.37. The van der Waals surface area contributed by atoms with Crippen LogP contribution >= 0.6 is 11.6 Å². The van der Waals surface area contributed by atoms with Gasteiger partial charge in [-0.2, -0.15) is 0 Å². The molecule has 1 aromatic carbocycles. The van der Waals surface area contributed by atoms with Crippen molar-refractivity contribution in [3.63, 3.8) is 0 Å². The first-order valence-electron chi connectivity index (χ1n) is 6.59. The minimum absolute atomic E-state index is 0.628. The summed E-state index contributed by atoms with van der Waals surface area (Å²) in [5.74, 6) is 1.68. The fourth-order valence-corrected chi connectivity index (χ4v) is 2.32. The number of benzene rings is 1. The highest BCUT2D eigenvalue weighted by Gasteiger charge is 2.27. The first kappa shape index (κ1) is 12.7. The topological polar surface area (TPSA) is 29.3 Å². The molecule has 3 nitrogen and oxygen atoms in total. The second-order valence-electron chi connectivity index (χ2n) is 5.29. The quantitative estimate of drug-likeness (QED) is 0.831. The molecule has 4 heteroatoms. The largest absolute Gasteiger partial charge is 0.361 e. The van der Waals surface area contributed by atoms with E-state index in [1.165, 1.54) is 18.4 Å². The fraction of sp³-hybridized carbons (Fsp3) is 0.400. The van der Waals surface area contributed by atoms with Crippen LogP contribution in [-0.4, -0.2) is 17.1 Å². The predicted octanol–water partition coefficient (Wildman–Crippen LogP) is 3.84. The molecule has 1 fully saturated rings. The predicted molar refractivity (Wildman–Crippen MR) is 75.1 cm³/mol. The van der Waals surface area contributed by atoms with Crippen LogP contribution in [0, 0.1) is 0 Å². The summed E-state index contributed by atoms with van der Waals surface area (Å²) in [5, 5.41) is 4.91. The smallest absolute Gasteiger partial charge is 0.140 e. The van der Waals surface area contributed by atoms with Gasteiger partial charge in [-0.25, -0.2) is 0 Å². The van der Waals surface area contributed by atoms with Crippen LogP contribution in [0.15, 0.2) is 34.9 Å². The van der Waals surface area contributed by atoms with E-state index in [0.29, 0.717) is 5.92 Å². The lowest BCUT2D eigenvalue weighted by molar-refractivity contribution is 0.301. The first-order valence-corrected chi connectivity index (χ1v) is 6.97. The van der Waals surface area contributed by atoms with E-state index < -0.39 is 0 Å². The van der Waals surface area contributed by atoms with E-state index in [0.717, 1.165) is 29.6 Å². The molecule has 19 heavy (non-hydrogen) atoms. The average Bonchev–Trinajstić information content (AvgIpc) is 3.14. The number of hydrogen-bond donors (Lipinski definition) is 0. The fourth-order valence-electron chi connectivity index (χ4n) is 2.20. The lowest BCUT2D eigenvalue weighted by Gasteiger charge is -2.14. The molecule has 0 atom stereocenters. The molecule has 0 unspecified atom stereocenters. The Hall–Kier alpha value is -1.32. The van der Waals surface area contributed by atoms with Crippen LogP contribution in [0.1, 0.15) is 35.8 Å². The van der Waals surface area contributed by atoms with Gasteiger partial charge in [-0.1, -0.05) is 28.9 Å². The maximum Gasteiger partial charge on any atom is 0.140 e. The molecule has 0 N–H and O–H groups in total. The monoisotopic (exact) mass is 276 g/mol. The van der Waals surface area contributed by atoms with Crippen molar-refractivity contribution in [2.45, 2.75) is 31.8 Å². The Kier molecular flexibility index (Phi) is 3.58. The molecule has 0 bridgehead atoms. The maximum atomic E-state index is 5.88. The third-order valence-corrected chi connectivity index (χ3v) is 3.61. The van der Waals surface area contributed by atoms with Gasteiger partial charge in [-0.05, 0) is 37.6 Å². The van der Waals surface area contributed by atoms with Crippen molar-refractivity contribution in [1.82, 2.24) is 10.1 Å². The van der Waals surface area contributed by atoms with Crippen LogP contribution in [0.2, 0.25) is 5.02 Å². The van der Waals surface area contributed by atoms with E-state index >= 15 is 0 Å². The highest BCUT2D eigenvalue weighted by atomic mass is 35.5. The van der Waals surface area contributed by atoms with Gasteiger partial charge in [0.15, 0.2) is 0 Å². The second-order valence-corrected chi connectivity index (χ2v) is 5.73. The Morgan fingerprint density at radius 1 is 1.26 bits per heavy atom. The zero-order valence-corrected chi connectivity index (χ0v) is 11.7. The average molecular weight is 277 g/mol. The summed E-state index contributed by atoms with van der Waals surface area (Å²) in [7, 11) is 2.08. The van der Waals surface area contributed by atoms with Gasteiger partial charge in [-0.3, -0.25) is 4.90 Å². The number of aromatic nitrogens is 1. The summed E-state index contributed by atoms with van der Waals surface area (Å²) in [6, 6.07) is 10.0. The Morgan fingerprint density at radius 3 is 2.68 bits per heavy atom. The molecule has 2 aromatic rings. The number of nitrogens with zero attached hydrogens (tertiary/aromatic N) is 2. The SMILES string of the molecule is CN(Cc1ccc(Cl)cc1)Cc1cc(C2CC2)on1. The molecular weight excluding hydrogens is 260 g/mol. The van der Waals surface area contributed by atoms with Gasteiger partial charge in [0.1, 0.15) is 5.76 Å². The van der Waals surface area contributed by atoms with Gasteiger partial charge >= 0.3 is 0 Å². The summed E-state index contributed by atoms with van der Waals surface area (Å²) in [6.07, 6.45) is 2.49. The van der Waals surface area contributed by atoms with E-state index in [9.17, 15) is 0 Å². The summed E-state index contributed by atoms with van der Waals surface area (Å²) in [4.78, 5) is 2.22. The van der Waals surface area contributed by atoms with Gasteiger partial charge in [0.2, 0.25) is 0 Å². The van der Waals surface area contributed by atoms with Crippen molar-refractivity contribution in [3.05, 3.63) is 52.4 Å². The van der Waals surface area contributed by atoms with Crippen LogP contribution < -0.4 is 0 Å². The van der Waals surface area contributed by atoms with Gasteiger partial charge in [0, 0.05) is 30.1 Å². The summed E-state index contributed by atoms with van der Waals surface area (Å²) in [5.41, 5.74) is 2.26. The van der Waals surface area contributed by atoms with Gasteiger partial charge < -0.3 is 4.52 Å². The van der Waals surface area contributed by atoms with Crippen molar-refractivity contribution in [2.24, 2.45) is 0 Å². The Labute approximate surface area is 118 Å². The molecule has 100 valence electrons. The van der Waals surface area contributed by atoms with Crippen molar-refractivity contribution in [1.29, 1.82) is 0 Å². The van der Waals surface area contributed by atoms with Crippen LogP contribution in [0.25, 0.3) is 0 Å². The van der Waals surface area contributed by atoms with E-state index in [4.69, 9.17) is 16.1 Å². The molecule has 0 amide bonds. The first-order chi connectivity index (χ1) is 9.20. The lowest BCUT2D eigenvalue weighted by atomic mass is 10.2. The molecule has 0 aliphatic heterocycles. The highest BCUT2D eigenvalue weighted by Crippen LogP contribution is 2.40. The normalized spacial score (nSPS) is 15.1. The third-order valence-electron chi connectivity index (χ3n) is 3.35. The Morgan fingerprint density at radius 2 is 2.00 bits per heavy atom. The standard InChI is InChI=1S/C15H17ClN2O/c1-18(9-11-2-6-13(16)7-3-11)10-14-8-15(19-17-14)12-4-5-12/h2-3,6-8,12H,4-5,9-10H2,1H3. The van der Waals surface area contributed by atoms with Crippen molar-refractivity contribution < 1.29 is 4.52 Å².